The maximum Gasteiger partial charge on any atom is 0.341 e. The van der Waals surface area contributed by atoms with E-state index < -0.39 is 39.0 Å². The first-order valence-corrected chi connectivity index (χ1v) is 9.67. The molecule has 0 radical (unpaired) electrons. The van der Waals surface area contributed by atoms with Crippen LogP contribution in [0.15, 0.2) is 18.2 Å². The van der Waals surface area contributed by atoms with Crippen molar-refractivity contribution in [2.24, 2.45) is 0 Å². The van der Waals surface area contributed by atoms with Crippen molar-refractivity contribution in [1.29, 1.82) is 0 Å². The highest BCUT2D eigenvalue weighted by Crippen LogP contribution is 2.34. The first kappa shape index (κ1) is 23.4. The van der Waals surface area contributed by atoms with Gasteiger partial charge in [0.05, 0.1) is 39.0 Å². The molecule has 0 saturated carbocycles. The van der Waals surface area contributed by atoms with Crippen molar-refractivity contribution >= 4 is 45.5 Å². The summed E-state index contributed by atoms with van der Waals surface area (Å²) in [4.78, 5) is 57.8. The Kier molecular flexibility index (Phi) is 7.37. The van der Waals surface area contributed by atoms with Crippen LogP contribution < -0.4 is 10.6 Å². The number of methoxy groups -OCH3 is 1. The second kappa shape index (κ2) is 9.75. The van der Waals surface area contributed by atoms with Crippen LogP contribution in [0, 0.1) is 27.2 Å². The van der Waals surface area contributed by atoms with Crippen molar-refractivity contribution in [3.8, 4) is 0 Å². The van der Waals surface area contributed by atoms with Crippen LogP contribution in [0.3, 0.4) is 0 Å². The molecular weight excluding hydrogens is 432 g/mol. The minimum Gasteiger partial charge on any atom is -0.465 e. The zero-order chi connectivity index (χ0) is 23.3. The van der Waals surface area contributed by atoms with Crippen LogP contribution >= 0.6 is 11.3 Å². The third-order valence-electron chi connectivity index (χ3n) is 4.09. The molecule has 1 aromatic heterocycles. The molecule has 0 unspecified atom stereocenters. The van der Waals surface area contributed by atoms with Crippen LogP contribution in [0.1, 0.15) is 49.3 Å². The molecule has 1 aromatic carbocycles. The number of carbonyl (C=O) groups excluding carboxylic acids is 3. The molecule has 164 valence electrons. The fourth-order valence-electron chi connectivity index (χ4n) is 2.60. The summed E-state index contributed by atoms with van der Waals surface area (Å²) in [6.45, 7) is 3.78. The van der Waals surface area contributed by atoms with Gasteiger partial charge in [0.25, 0.3) is 23.2 Å². The van der Waals surface area contributed by atoms with Crippen LogP contribution in [0.4, 0.5) is 16.4 Å². The second-order valence-corrected chi connectivity index (χ2v) is 7.23. The van der Waals surface area contributed by atoms with E-state index in [0.29, 0.717) is 13.0 Å². The van der Waals surface area contributed by atoms with E-state index in [4.69, 9.17) is 4.74 Å². The highest BCUT2D eigenvalue weighted by atomic mass is 32.1. The van der Waals surface area contributed by atoms with E-state index in [1.54, 1.807) is 0 Å². The molecule has 2 amide bonds. The maximum absolute atomic E-state index is 12.7. The number of nitro groups is 2. The molecule has 13 heteroatoms. The van der Waals surface area contributed by atoms with Crippen LogP contribution in [0.25, 0.3) is 0 Å². The van der Waals surface area contributed by atoms with Gasteiger partial charge < -0.3 is 15.4 Å². The third kappa shape index (κ3) is 5.19. The van der Waals surface area contributed by atoms with Gasteiger partial charge in [-0.3, -0.25) is 29.8 Å². The normalized spacial score (nSPS) is 10.3. The van der Waals surface area contributed by atoms with Crippen molar-refractivity contribution in [2.75, 3.05) is 19.0 Å². The Morgan fingerprint density at radius 3 is 2.13 bits per heavy atom. The smallest absolute Gasteiger partial charge is 0.341 e. The largest absolute Gasteiger partial charge is 0.465 e. The van der Waals surface area contributed by atoms with Crippen molar-refractivity contribution in [3.63, 3.8) is 0 Å². The van der Waals surface area contributed by atoms with E-state index >= 15 is 0 Å². The predicted octanol–water partition coefficient (Wildman–Crippen LogP) is 3.05. The summed E-state index contributed by atoms with van der Waals surface area (Å²) >= 11 is 0.820. The average molecular weight is 450 g/mol. The molecule has 1 heterocycles. The van der Waals surface area contributed by atoms with Gasteiger partial charge in [-0.1, -0.05) is 6.92 Å². The number of anilines is 1. The second-order valence-electron chi connectivity index (χ2n) is 6.21. The number of esters is 1. The van der Waals surface area contributed by atoms with Crippen LogP contribution in [0.2, 0.25) is 0 Å². The van der Waals surface area contributed by atoms with Crippen molar-refractivity contribution < 1.29 is 29.0 Å². The number of ether oxygens (including phenoxy) is 1. The highest BCUT2D eigenvalue weighted by Gasteiger charge is 2.27. The first-order chi connectivity index (χ1) is 14.6. The fraction of sp³-hybridized carbons (Fsp3) is 0.278. The molecular formula is C18H18N4O8S. The van der Waals surface area contributed by atoms with Gasteiger partial charge >= 0.3 is 5.97 Å². The summed E-state index contributed by atoms with van der Waals surface area (Å²) in [5.41, 5.74) is -1.42. The molecule has 0 aliphatic carbocycles. The zero-order valence-electron chi connectivity index (χ0n) is 16.7. The van der Waals surface area contributed by atoms with Gasteiger partial charge in [-0.05, 0) is 18.9 Å². The molecule has 12 nitrogen and oxygen atoms in total. The van der Waals surface area contributed by atoms with Gasteiger partial charge in [0.15, 0.2) is 0 Å². The lowest BCUT2D eigenvalue weighted by molar-refractivity contribution is -0.394. The molecule has 0 atom stereocenters. The molecule has 0 aliphatic rings. The summed E-state index contributed by atoms with van der Waals surface area (Å²) in [6.07, 6.45) is 0.690. The van der Waals surface area contributed by atoms with Crippen LogP contribution in [-0.2, 0) is 4.74 Å². The van der Waals surface area contributed by atoms with Crippen molar-refractivity contribution in [1.82, 2.24) is 5.32 Å². The summed E-state index contributed by atoms with van der Waals surface area (Å²) in [6, 6.07) is 2.47. The lowest BCUT2D eigenvalue weighted by atomic mass is 10.1. The minimum atomic E-state index is -0.932. The number of non-ortho nitro benzene ring substituents is 2. The van der Waals surface area contributed by atoms with Crippen molar-refractivity contribution in [2.45, 2.75) is 20.3 Å². The number of rotatable bonds is 8. The first-order valence-electron chi connectivity index (χ1n) is 8.85. The van der Waals surface area contributed by atoms with Gasteiger partial charge in [-0.2, -0.15) is 0 Å². The molecule has 2 aromatic rings. The number of nitrogens with one attached hydrogen (secondary N) is 2. The summed E-state index contributed by atoms with van der Waals surface area (Å²) in [7, 11) is 1.13. The quantitative estimate of drug-likeness (QED) is 0.351. The van der Waals surface area contributed by atoms with E-state index in [2.05, 4.69) is 10.6 Å². The molecule has 0 bridgehead atoms. The lowest BCUT2D eigenvalue weighted by Crippen LogP contribution is -2.23. The van der Waals surface area contributed by atoms with E-state index in [9.17, 15) is 34.6 Å². The lowest BCUT2D eigenvalue weighted by Gasteiger charge is -2.06. The number of hydrogen-bond donors (Lipinski definition) is 2. The average Bonchev–Trinajstić information content (AvgIpc) is 3.06. The number of nitro benzene ring substituents is 2. The monoisotopic (exact) mass is 450 g/mol. The number of hydrogen-bond acceptors (Lipinski definition) is 9. The Bertz CT molecular complexity index is 1050. The number of nitrogens with zero attached hydrogens (tertiary/aromatic N) is 2. The molecule has 0 spiro atoms. The van der Waals surface area contributed by atoms with Crippen LogP contribution in [0.5, 0.6) is 0 Å². The van der Waals surface area contributed by atoms with Gasteiger partial charge in [-0.15, -0.1) is 11.3 Å². The van der Waals surface area contributed by atoms with Gasteiger partial charge in [0.1, 0.15) is 5.00 Å². The van der Waals surface area contributed by atoms with E-state index in [-0.39, 0.29) is 26.6 Å². The van der Waals surface area contributed by atoms with E-state index in [1.165, 1.54) is 6.92 Å². The Labute approximate surface area is 179 Å². The third-order valence-corrected chi connectivity index (χ3v) is 5.30. The standard InChI is InChI=1S/C18H18N4O8S/c1-4-5-19-16(24)14-9(2)13(18(25)30-3)17(31-14)20-15(23)10-6-11(21(26)27)8-12(7-10)22(28)29/h6-8H,4-5H2,1-3H3,(H,19,24)(H,20,23). The Balaban J connectivity index is 2.49. The Morgan fingerprint density at radius 2 is 1.65 bits per heavy atom. The highest BCUT2D eigenvalue weighted by molar-refractivity contribution is 7.18. The zero-order valence-corrected chi connectivity index (χ0v) is 17.5. The molecule has 0 fully saturated rings. The topological polar surface area (TPSA) is 171 Å². The predicted molar refractivity (Wildman–Crippen MR) is 111 cm³/mol. The summed E-state index contributed by atoms with van der Waals surface area (Å²) < 4.78 is 4.73. The fourth-order valence-corrected chi connectivity index (χ4v) is 3.70. The van der Waals surface area contributed by atoms with Crippen molar-refractivity contribution in [3.05, 3.63) is 60.0 Å². The SMILES string of the molecule is CCCNC(=O)c1sc(NC(=O)c2cc([N+](=O)[O-])cc([N+](=O)[O-])c2)c(C(=O)OC)c1C. The molecule has 0 saturated heterocycles. The molecule has 2 N–H and O–H groups in total. The van der Waals surface area contributed by atoms with Gasteiger partial charge in [-0.25, -0.2) is 4.79 Å². The number of carbonyl (C=O) groups is 3. The van der Waals surface area contributed by atoms with E-state index in [0.717, 1.165) is 36.6 Å². The molecule has 31 heavy (non-hydrogen) atoms. The Morgan fingerprint density at radius 1 is 1.06 bits per heavy atom. The summed E-state index contributed by atoms with van der Waals surface area (Å²) in [5, 5.41) is 27.1. The minimum absolute atomic E-state index is 0.0230. The van der Waals surface area contributed by atoms with Gasteiger partial charge in [0.2, 0.25) is 0 Å². The maximum atomic E-state index is 12.7. The Hall–Kier alpha value is -3.87. The number of thiophene rings is 1. The summed E-state index contributed by atoms with van der Waals surface area (Å²) in [5.74, 6) is -2.18. The van der Waals surface area contributed by atoms with Gasteiger partial charge in [0, 0.05) is 18.7 Å². The van der Waals surface area contributed by atoms with Crippen LogP contribution in [-0.4, -0.2) is 41.3 Å². The molecule has 2 rings (SSSR count). The number of benzene rings is 1. The molecule has 0 aliphatic heterocycles. The number of amides is 2. The van der Waals surface area contributed by atoms with E-state index in [1.807, 2.05) is 6.92 Å².